The van der Waals surface area contributed by atoms with Gasteiger partial charge in [-0.2, -0.15) is 5.10 Å². The topological polar surface area (TPSA) is 98.2 Å². The monoisotopic (exact) mass is 461 g/mol. The number of rotatable bonds is 8. The highest BCUT2D eigenvalue weighted by Crippen LogP contribution is 2.39. The van der Waals surface area contributed by atoms with Gasteiger partial charge in [-0.1, -0.05) is 29.8 Å². The number of nitrogens with zero attached hydrogens (tertiary/aromatic N) is 1. The average Bonchev–Trinajstić information content (AvgIpc) is 3.13. The first-order valence-electron chi connectivity index (χ1n) is 9.06. The molecule has 31 heavy (non-hydrogen) atoms. The van der Waals surface area contributed by atoms with E-state index in [4.69, 9.17) is 25.8 Å². The van der Waals surface area contributed by atoms with Crippen LogP contribution in [0.5, 0.6) is 17.2 Å². The zero-order valence-corrected chi connectivity index (χ0v) is 18.6. The number of hydrazone groups is 1. The number of carbonyl (C=O) groups excluding carboxylic acids is 2. The fraction of sp³-hybridized carbons (Fsp3) is 0.190. The van der Waals surface area contributed by atoms with E-state index in [1.807, 2.05) is 24.3 Å². The van der Waals surface area contributed by atoms with Crippen LogP contribution < -0.4 is 25.0 Å². The SMILES string of the molecule is COc1ccc(/C=N/NC(=O)CNC(=O)c2sc3ccccc3c2Cl)c(OC)c1OC. The van der Waals surface area contributed by atoms with E-state index in [1.54, 1.807) is 12.1 Å². The van der Waals surface area contributed by atoms with Gasteiger partial charge < -0.3 is 19.5 Å². The van der Waals surface area contributed by atoms with Gasteiger partial charge in [-0.25, -0.2) is 5.43 Å². The Morgan fingerprint density at radius 3 is 2.48 bits per heavy atom. The Morgan fingerprint density at radius 1 is 1.06 bits per heavy atom. The molecular weight excluding hydrogens is 442 g/mol. The van der Waals surface area contributed by atoms with Crippen molar-refractivity contribution < 1.29 is 23.8 Å². The number of hydrogen-bond acceptors (Lipinski definition) is 7. The summed E-state index contributed by atoms with van der Waals surface area (Å²) in [4.78, 5) is 24.8. The van der Waals surface area contributed by atoms with E-state index in [2.05, 4.69) is 15.8 Å². The van der Waals surface area contributed by atoms with Crippen LogP contribution in [-0.2, 0) is 4.79 Å². The van der Waals surface area contributed by atoms with Crippen molar-refractivity contribution in [2.75, 3.05) is 27.9 Å². The normalized spacial score (nSPS) is 10.8. The Labute approximate surface area is 187 Å². The van der Waals surface area contributed by atoms with Crippen LogP contribution in [0.4, 0.5) is 0 Å². The highest BCUT2D eigenvalue weighted by atomic mass is 35.5. The summed E-state index contributed by atoms with van der Waals surface area (Å²) >= 11 is 7.56. The third kappa shape index (κ3) is 4.89. The zero-order chi connectivity index (χ0) is 22.4. The Morgan fingerprint density at radius 2 is 1.81 bits per heavy atom. The van der Waals surface area contributed by atoms with Crippen LogP contribution in [0.2, 0.25) is 5.02 Å². The minimum absolute atomic E-state index is 0.260. The first-order valence-corrected chi connectivity index (χ1v) is 10.3. The van der Waals surface area contributed by atoms with Crippen molar-refractivity contribution in [1.29, 1.82) is 0 Å². The number of methoxy groups -OCH3 is 3. The number of ether oxygens (including phenoxy) is 3. The van der Waals surface area contributed by atoms with Gasteiger partial charge in [-0.3, -0.25) is 9.59 Å². The number of carbonyl (C=O) groups is 2. The molecule has 0 saturated carbocycles. The van der Waals surface area contributed by atoms with Gasteiger partial charge in [0.25, 0.3) is 11.8 Å². The van der Waals surface area contributed by atoms with Gasteiger partial charge in [-0.15, -0.1) is 11.3 Å². The van der Waals surface area contributed by atoms with Crippen molar-refractivity contribution >= 4 is 51.1 Å². The fourth-order valence-electron chi connectivity index (χ4n) is 2.84. The number of nitrogens with one attached hydrogen (secondary N) is 2. The first-order chi connectivity index (χ1) is 15.0. The predicted molar refractivity (Wildman–Crippen MR) is 121 cm³/mol. The first kappa shape index (κ1) is 22.4. The third-order valence-electron chi connectivity index (χ3n) is 4.28. The van der Waals surface area contributed by atoms with Crippen LogP contribution in [-0.4, -0.2) is 45.9 Å². The molecule has 2 aromatic carbocycles. The second kappa shape index (κ2) is 10.1. The van der Waals surface area contributed by atoms with Crippen LogP contribution in [0, 0.1) is 0 Å². The number of benzene rings is 2. The van der Waals surface area contributed by atoms with Crippen LogP contribution in [0.3, 0.4) is 0 Å². The number of halogens is 1. The highest BCUT2D eigenvalue weighted by molar-refractivity contribution is 7.21. The molecule has 0 atom stereocenters. The molecule has 0 bridgehead atoms. The molecule has 0 aliphatic carbocycles. The maximum Gasteiger partial charge on any atom is 0.263 e. The van der Waals surface area contributed by atoms with Crippen LogP contribution in [0.25, 0.3) is 10.1 Å². The number of fused-ring (bicyclic) bond motifs is 1. The molecule has 0 spiro atoms. The molecule has 0 aliphatic heterocycles. The molecule has 162 valence electrons. The van der Waals surface area contributed by atoms with E-state index < -0.39 is 11.8 Å². The highest BCUT2D eigenvalue weighted by Gasteiger charge is 2.17. The molecule has 8 nitrogen and oxygen atoms in total. The van der Waals surface area contributed by atoms with Crippen molar-refractivity contribution in [2.24, 2.45) is 5.10 Å². The fourth-order valence-corrected chi connectivity index (χ4v) is 4.27. The zero-order valence-electron chi connectivity index (χ0n) is 17.0. The minimum atomic E-state index is -0.499. The quantitative estimate of drug-likeness (QED) is 0.395. The van der Waals surface area contributed by atoms with Crippen LogP contribution >= 0.6 is 22.9 Å². The smallest absolute Gasteiger partial charge is 0.263 e. The lowest BCUT2D eigenvalue weighted by Crippen LogP contribution is -2.34. The lowest BCUT2D eigenvalue weighted by atomic mass is 10.2. The summed E-state index contributed by atoms with van der Waals surface area (Å²) in [5.74, 6) is 0.400. The maximum absolute atomic E-state index is 12.4. The minimum Gasteiger partial charge on any atom is -0.493 e. The summed E-state index contributed by atoms with van der Waals surface area (Å²) in [5, 5.41) is 7.63. The van der Waals surface area contributed by atoms with Gasteiger partial charge in [0, 0.05) is 15.6 Å². The van der Waals surface area contributed by atoms with Gasteiger partial charge >= 0.3 is 0 Å². The molecule has 0 radical (unpaired) electrons. The van der Waals surface area contributed by atoms with E-state index in [0.29, 0.717) is 32.7 Å². The van der Waals surface area contributed by atoms with Gasteiger partial charge in [0.05, 0.1) is 39.1 Å². The molecule has 3 aromatic rings. The molecular formula is C21H20ClN3O5S. The Hall–Kier alpha value is -3.30. The van der Waals surface area contributed by atoms with Crippen LogP contribution in [0.15, 0.2) is 41.5 Å². The summed E-state index contributed by atoms with van der Waals surface area (Å²) in [5.41, 5.74) is 2.93. The van der Waals surface area contributed by atoms with Gasteiger partial charge in [0.1, 0.15) is 4.88 Å². The predicted octanol–water partition coefficient (Wildman–Crippen LogP) is 3.46. The molecule has 3 rings (SSSR count). The van der Waals surface area contributed by atoms with Crippen molar-refractivity contribution in [3.05, 3.63) is 51.9 Å². The molecule has 1 heterocycles. The summed E-state index contributed by atoms with van der Waals surface area (Å²) in [6.45, 7) is -0.260. The van der Waals surface area contributed by atoms with Crippen molar-refractivity contribution in [1.82, 2.24) is 10.7 Å². The lowest BCUT2D eigenvalue weighted by Gasteiger charge is -2.13. The van der Waals surface area contributed by atoms with Crippen molar-refractivity contribution in [2.45, 2.75) is 0 Å². The molecule has 2 amide bonds. The Kier molecular flexibility index (Phi) is 7.32. The average molecular weight is 462 g/mol. The van der Waals surface area contributed by atoms with Crippen molar-refractivity contribution in [3.63, 3.8) is 0 Å². The largest absolute Gasteiger partial charge is 0.493 e. The number of amides is 2. The molecule has 0 unspecified atom stereocenters. The maximum atomic E-state index is 12.4. The molecule has 10 heteroatoms. The summed E-state index contributed by atoms with van der Waals surface area (Å²) in [7, 11) is 4.50. The van der Waals surface area contributed by atoms with E-state index >= 15 is 0 Å². The van der Waals surface area contributed by atoms with E-state index in [-0.39, 0.29) is 6.54 Å². The standard InChI is InChI=1S/C21H20ClN3O5S/c1-28-14-9-8-12(18(29-2)19(14)30-3)10-24-25-16(26)11-23-21(27)20-17(22)13-6-4-5-7-15(13)31-20/h4-10H,11H2,1-3H3,(H,23,27)(H,25,26)/b24-10+. The molecule has 1 aromatic heterocycles. The third-order valence-corrected chi connectivity index (χ3v) is 5.95. The van der Waals surface area contributed by atoms with E-state index in [1.165, 1.54) is 38.9 Å². The van der Waals surface area contributed by atoms with E-state index in [0.717, 1.165) is 10.1 Å². The van der Waals surface area contributed by atoms with Crippen molar-refractivity contribution in [3.8, 4) is 17.2 Å². The van der Waals surface area contributed by atoms with Crippen LogP contribution in [0.1, 0.15) is 15.2 Å². The summed E-state index contributed by atoms with van der Waals surface area (Å²) in [6.07, 6.45) is 1.41. The molecule has 0 fully saturated rings. The lowest BCUT2D eigenvalue weighted by molar-refractivity contribution is -0.120. The molecule has 2 N–H and O–H groups in total. The Bertz CT molecular complexity index is 1150. The summed E-state index contributed by atoms with van der Waals surface area (Å²) < 4.78 is 16.8. The van der Waals surface area contributed by atoms with Gasteiger partial charge in [-0.05, 0) is 18.2 Å². The molecule has 0 aliphatic rings. The number of hydrogen-bond donors (Lipinski definition) is 2. The number of thiophene rings is 1. The molecule has 0 saturated heterocycles. The summed E-state index contributed by atoms with van der Waals surface area (Å²) in [6, 6.07) is 10.8. The Balaban J connectivity index is 1.61. The second-order valence-electron chi connectivity index (χ2n) is 6.14. The second-order valence-corrected chi connectivity index (χ2v) is 7.57. The van der Waals surface area contributed by atoms with Gasteiger partial charge in [0.15, 0.2) is 11.5 Å². The van der Waals surface area contributed by atoms with Gasteiger partial charge in [0.2, 0.25) is 5.75 Å². The van der Waals surface area contributed by atoms with E-state index in [9.17, 15) is 9.59 Å².